The van der Waals surface area contributed by atoms with Crippen molar-refractivity contribution in [1.29, 1.82) is 0 Å². The molecule has 0 aliphatic carbocycles. The van der Waals surface area contributed by atoms with Crippen molar-refractivity contribution in [3.8, 4) is 0 Å². The Labute approximate surface area is 88.2 Å². The first kappa shape index (κ1) is 9.99. The third kappa shape index (κ3) is 1.80. The molecule has 0 saturated heterocycles. The number of hydrogen-bond donors (Lipinski definition) is 0. The fourth-order valence-corrected chi connectivity index (χ4v) is 2.21. The maximum absolute atomic E-state index is 11.1. The summed E-state index contributed by atoms with van der Waals surface area (Å²) in [6, 6.07) is 1.95. The molecular formula is C8H9Br2NO. The highest BCUT2D eigenvalue weighted by molar-refractivity contribution is 9.09. The van der Waals surface area contributed by atoms with Crippen molar-refractivity contribution < 1.29 is 4.79 Å². The van der Waals surface area contributed by atoms with Gasteiger partial charge in [0, 0.05) is 29.5 Å². The molecule has 0 spiro atoms. The quantitative estimate of drug-likeness (QED) is 0.769. The van der Waals surface area contributed by atoms with Crippen molar-refractivity contribution >= 4 is 37.8 Å². The van der Waals surface area contributed by atoms with Crippen LogP contribution >= 0.6 is 31.9 Å². The van der Waals surface area contributed by atoms with Gasteiger partial charge in [-0.1, -0.05) is 31.9 Å². The van der Waals surface area contributed by atoms with Crippen LogP contribution in [-0.4, -0.2) is 10.5 Å². The van der Waals surface area contributed by atoms with Crippen molar-refractivity contribution in [2.75, 3.05) is 0 Å². The summed E-state index contributed by atoms with van der Waals surface area (Å²) in [5, 5.41) is 1.49. The zero-order chi connectivity index (χ0) is 9.14. The van der Waals surface area contributed by atoms with E-state index in [1.165, 1.54) is 0 Å². The topological polar surface area (TPSA) is 22.0 Å². The second-order valence-corrected chi connectivity index (χ2v) is 3.57. The van der Waals surface area contributed by atoms with E-state index in [0.717, 1.165) is 16.6 Å². The first-order valence-corrected chi connectivity index (χ1v) is 5.77. The summed E-state index contributed by atoms with van der Waals surface area (Å²) in [6.07, 6.45) is 1.80. The maximum Gasteiger partial charge on any atom is 0.227 e. The van der Waals surface area contributed by atoms with Crippen LogP contribution in [0, 0.1) is 0 Å². The van der Waals surface area contributed by atoms with E-state index in [0.29, 0.717) is 5.33 Å². The minimum absolute atomic E-state index is 0.0525. The van der Waals surface area contributed by atoms with Crippen LogP contribution < -0.4 is 0 Å². The lowest BCUT2D eigenvalue weighted by Gasteiger charge is -2.02. The van der Waals surface area contributed by atoms with E-state index < -0.39 is 0 Å². The summed E-state index contributed by atoms with van der Waals surface area (Å²) >= 11 is 6.72. The van der Waals surface area contributed by atoms with Gasteiger partial charge < -0.3 is 0 Å². The van der Waals surface area contributed by atoms with Crippen LogP contribution in [-0.2, 0) is 10.7 Å². The molecule has 4 heteroatoms. The van der Waals surface area contributed by atoms with Crippen molar-refractivity contribution in [3.63, 3.8) is 0 Å². The SMILES string of the molecule is CC(=O)n1ccc(CBr)c1CBr. The normalized spacial score (nSPS) is 10.2. The predicted octanol–water partition coefficient (Wildman–Crippen LogP) is 2.94. The average Bonchev–Trinajstić information content (AvgIpc) is 2.46. The molecule has 1 aromatic rings. The van der Waals surface area contributed by atoms with Gasteiger partial charge in [0.25, 0.3) is 0 Å². The van der Waals surface area contributed by atoms with Crippen molar-refractivity contribution in [2.24, 2.45) is 0 Å². The van der Waals surface area contributed by atoms with Gasteiger partial charge in [-0.05, 0) is 11.6 Å². The molecule has 1 heterocycles. The largest absolute Gasteiger partial charge is 0.291 e. The minimum Gasteiger partial charge on any atom is -0.291 e. The van der Waals surface area contributed by atoms with Crippen LogP contribution in [0.15, 0.2) is 12.3 Å². The maximum atomic E-state index is 11.1. The number of aromatic nitrogens is 1. The Morgan fingerprint density at radius 1 is 1.50 bits per heavy atom. The van der Waals surface area contributed by atoms with Crippen molar-refractivity contribution in [2.45, 2.75) is 17.6 Å². The fourth-order valence-electron chi connectivity index (χ4n) is 1.07. The Morgan fingerprint density at radius 3 is 2.58 bits per heavy atom. The van der Waals surface area contributed by atoms with E-state index in [1.807, 2.05) is 6.07 Å². The van der Waals surface area contributed by atoms with Crippen LogP contribution in [0.4, 0.5) is 0 Å². The van der Waals surface area contributed by atoms with Gasteiger partial charge in [-0.2, -0.15) is 0 Å². The second kappa shape index (κ2) is 4.23. The number of rotatable bonds is 2. The Morgan fingerprint density at radius 2 is 2.17 bits per heavy atom. The third-order valence-electron chi connectivity index (χ3n) is 1.70. The average molecular weight is 295 g/mol. The molecule has 0 fully saturated rings. The highest BCUT2D eigenvalue weighted by atomic mass is 79.9. The van der Waals surface area contributed by atoms with Gasteiger partial charge in [-0.3, -0.25) is 9.36 Å². The van der Waals surface area contributed by atoms with Crippen LogP contribution in [0.2, 0.25) is 0 Å². The molecule has 1 rings (SSSR count). The Balaban J connectivity index is 3.13. The summed E-state index contributed by atoms with van der Waals surface area (Å²) in [5.74, 6) is 0.0525. The van der Waals surface area contributed by atoms with Gasteiger partial charge in [0.2, 0.25) is 5.91 Å². The molecule has 0 aliphatic heterocycles. The number of carbonyl (C=O) groups is 1. The van der Waals surface area contributed by atoms with Crippen LogP contribution in [0.3, 0.4) is 0 Å². The molecule has 12 heavy (non-hydrogen) atoms. The first-order chi connectivity index (χ1) is 5.70. The number of nitrogens with zero attached hydrogens (tertiary/aromatic N) is 1. The number of carbonyl (C=O) groups excluding carboxylic acids is 1. The third-order valence-corrected chi connectivity index (χ3v) is 2.83. The van der Waals surface area contributed by atoms with Crippen LogP contribution in [0.25, 0.3) is 0 Å². The molecule has 66 valence electrons. The molecule has 0 saturated carbocycles. The van der Waals surface area contributed by atoms with E-state index in [-0.39, 0.29) is 5.91 Å². The molecule has 0 N–H and O–H groups in total. The van der Waals surface area contributed by atoms with Crippen LogP contribution in [0.1, 0.15) is 23.0 Å². The highest BCUT2D eigenvalue weighted by Crippen LogP contribution is 2.17. The Kier molecular flexibility index (Phi) is 3.53. The lowest BCUT2D eigenvalue weighted by molar-refractivity contribution is 0.0934. The summed E-state index contributed by atoms with van der Waals surface area (Å²) in [6.45, 7) is 1.56. The van der Waals surface area contributed by atoms with Gasteiger partial charge >= 0.3 is 0 Å². The zero-order valence-electron chi connectivity index (χ0n) is 6.68. The first-order valence-electron chi connectivity index (χ1n) is 3.52. The highest BCUT2D eigenvalue weighted by Gasteiger charge is 2.08. The van der Waals surface area contributed by atoms with Gasteiger partial charge in [0.15, 0.2) is 0 Å². The molecule has 2 nitrogen and oxygen atoms in total. The van der Waals surface area contributed by atoms with Gasteiger partial charge in [0.1, 0.15) is 0 Å². The standard InChI is InChI=1S/C8H9Br2NO/c1-6(12)11-3-2-7(4-9)8(11)5-10/h2-3H,4-5H2,1H3. The van der Waals surface area contributed by atoms with E-state index >= 15 is 0 Å². The number of halogens is 2. The second-order valence-electron chi connectivity index (χ2n) is 2.44. The summed E-state index contributed by atoms with van der Waals surface area (Å²) in [5.41, 5.74) is 2.18. The Bertz CT molecular complexity index is 293. The number of alkyl halides is 2. The minimum atomic E-state index is 0.0525. The lowest BCUT2D eigenvalue weighted by Crippen LogP contribution is -2.07. The molecule has 0 atom stereocenters. The molecule has 0 bridgehead atoms. The fraction of sp³-hybridized carbons (Fsp3) is 0.375. The summed E-state index contributed by atoms with van der Waals surface area (Å²) in [7, 11) is 0. The lowest BCUT2D eigenvalue weighted by atomic mass is 10.3. The van der Waals surface area contributed by atoms with Crippen molar-refractivity contribution in [3.05, 3.63) is 23.5 Å². The van der Waals surface area contributed by atoms with E-state index in [4.69, 9.17) is 0 Å². The molecule has 0 unspecified atom stereocenters. The predicted molar refractivity (Wildman–Crippen MR) is 56.0 cm³/mol. The van der Waals surface area contributed by atoms with Gasteiger partial charge in [-0.25, -0.2) is 0 Å². The van der Waals surface area contributed by atoms with Gasteiger partial charge in [0.05, 0.1) is 0 Å². The molecule has 0 aromatic carbocycles. The summed E-state index contributed by atoms with van der Waals surface area (Å²) < 4.78 is 1.66. The van der Waals surface area contributed by atoms with E-state index in [9.17, 15) is 4.79 Å². The zero-order valence-corrected chi connectivity index (χ0v) is 9.85. The summed E-state index contributed by atoms with van der Waals surface area (Å²) in [4.78, 5) is 11.1. The monoisotopic (exact) mass is 293 g/mol. The Hall–Kier alpha value is -0.0900. The molecule has 0 aliphatic rings. The van der Waals surface area contributed by atoms with Gasteiger partial charge in [-0.15, -0.1) is 0 Å². The van der Waals surface area contributed by atoms with Crippen molar-refractivity contribution in [1.82, 2.24) is 4.57 Å². The molecule has 0 radical (unpaired) electrons. The number of hydrogen-bond acceptors (Lipinski definition) is 1. The van der Waals surface area contributed by atoms with Crippen LogP contribution in [0.5, 0.6) is 0 Å². The van der Waals surface area contributed by atoms with E-state index in [1.54, 1.807) is 17.7 Å². The smallest absolute Gasteiger partial charge is 0.227 e. The molecule has 1 aromatic heterocycles. The van der Waals surface area contributed by atoms with E-state index in [2.05, 4.69) is 31.9 Å². The molecular weight excluding hydrogens is 286 g/mol. The molecule has 0 amide bonds.